The Hall–Kier alpha value is -1.93. The van der Waals surface area contributed by atoms with Crippen LogP contribution in [0.15, 0.2) is 18.2 Å². The molecular formula is C9H8N2O3. The van der Waals surface area contributed by atoms with Gasteiger partial charge in [-0.05, 0) is 12.1 Å². The molecule has 0 atom stereocenters. The van der Waals surface area contributed by atoms with Crippen molar-refractivity contribution in [2.75, 3.05) is 7.11 Å². The quantitative estimate of drug-likeness (QED) is 0.538. The molecule has 0 bridgehead atoms. The molecule has 0 radical (unpaired) electrons. The van der Waals surface area contributed by atoms with Crippen LogP contribution < -0.4 is 0 Å². The number of hydrogen-bond donors (Lipinski definition) is 0. The predicted octanol–water partition coefficient (Wildman–Crippen LogP) is 1.61. The molecule has 14 heavy (non-hydrogen) atoms. The first-order valence-electron chi connectivity index (χ1n) is 3.86. The Morgan fingerprint density at radius 2 is 2.36 bits per heavy atom. The third-order valence-electron chi connectivity index (χ3n) is 1.72. The highest BCUT2D eigenvalue weighted by Crippen LogP contribution is 2.23. The van der Waals surface area contributed by atoms with E-state index in [9.17, 15) is 10.1 Å². The molecule has 0 fully saturated rings. The van der Waals surface area contributed by atoms with E-state index < -0.39 is 4.92 Å². The van der Waals surface area contributed by atoms with Crippen LogP contribution in [0.4, 0.5) is 5.69 Å². The Bertz CT molecular complexity index is 396. The van der Waals surface area contributed by atoms with Crippen LogP contribution >= 0.6 is 0 Å². The van der Waals surface area contributed by atoms with E-state index in [4.69, 9.17) is 10.00 Å². The highest BCUT2D eigenvalue weighted by molar-refractivity contribution is 5.53. The van der Waals surface area contributed by atoms with Crippen molar-refractivity contribution in [3.63, 3.8) is 0 Å². The number of nitro groups is 1. The van der Waals surface area contributed by atoms with Gasteiger partial charge in [-0.2, -0.15) is 5.26 Å². The lowest BCUT2D eigenvalue weighted by Crippen LogP contribution is -1.99. The smallest absolute Gasteiger partial charge is 0.292 e. The number of para-hydroxylation sites is 1. The van der Waals surface area contributed by atoms with Gasteiger partial charge in [0.15, 0.2) is 0 Å². The summed E-state index contributed by atoms with van der Waals surface area (Å²) in [6, 6.07) is 6.36. The number of nitriles is 1. The fraction of sp³-hybridized carbons (Fsp3) is 0.222. The van der Waals surface area contributed by atoms with E-state index in [2.05, 4.69) is 0 Å². The van der Waals surface area contributed by atoms with Crippen molar-refractivity contribution >= 4 is 5.69 Å². The van der Waals surface area contributed by atoms with Crippen molar-refractivity contribution in [3.8, 4) is 6.07 Å². The van der Waals surface area contributed by atoms with Gasteiger partial charge in [0.2, 0.25) is 0 Å². The molecule has 0 saturated heterocycles. The normalized spacial score (nSPS) is 9.43. The maximum atomic E-state index is 10.7. The molecule has 0 spiro atoms. The number of nitro benzene ring substituents is 1. The van der Waals surface area contributed by atoms with Gasteiger partial charge in [-0.1, -0.05) is 6.07 Å². The number of benzene rings is 1. The summed E-state index contributed by atoms with van der Waals surface area (Å²) in [7, 11) is 1.45. The largest absolute Gasteiger partial charge is 0.380 e. The van der Waals surface area contributed by atoms with E-state index in [1.54, 1.807) is 18.2 Å². The molecule has 5 nitrogen and oxygen atoms in total. The van der Waals surface area contributed by atoms with Crippen LogP contribution in [-0.4, -0.2) is 12.0 Å². The highest BCUT2D eigenvalue weighted by Gasteiger charge is 2.18. The Kier molecular flexibility index (Phi) is 3.15. The van der Waals surface area contributed by atoms with Crippen molar-refractivity contribution in [2.45, 2.75) is 6.61 Å². The van der Waals surface area contributed by atoms with Gasteiger partial charge >= 0.3 is 0 Å². The number of ether oxygens (including phenoxy) is 1. The van der Waals surface area contributed by atoms with E-state index in [1.165, 1.54) is 13.2 Å². The summed E-state index contributed by atoms with van der Waals surface area (Å²) in [5, 5.41) is 19.3. The van der Waals surface area contributed by atoms with Crippen LogP contribution in [0.25, 0.3) is 0 Å². The number of nitrogens with zero attached hydrogens (tertiary/aromatic N) is 2. The van der Waals surface area contributed by atoms with Gasteiger partial charge in [0.25, 0.3) is 5.69 Å². The summed E-state index contributed by atoms with van der Waals surface area (Å²) >= 11 is 0. The fourth-order valence-corrected chi connectivity index (χ4v) is 1.17. The van der Waals surface area contributed by atoms with Crippen molar-refractivity contribution in [2.24, 2.45) is 0 Å². The second kappa shape index (κ2) is 4.35. The average Bonchev–Trinajstić information content (AvgIpc) is 2.17. The monoisotopic (exact) mass is 192 g/mol. The molecule has 0 amide bonds. The second-order valence-corrected chi connectivity index (χ2v) is 2.62. The zero-order valence-corrected chi connectivity index (χ0v) is 7.56. The standard InChI is InChI=1S/C9H8N2O3/c1-14-6-8-4-2-3-7(5-10)9(8)11(12)13/h2-4H,6H2,1H3. The topological polar surface area (TPSA) is 76.2 Å². The van der Waals surface area contributed by atoms with Crippen molar-refractivity contribution < 1.29 is 9.66 Å². The van der Waals surface area contributed by atoms with E-state index in [0.29, 0.717) is 5.56 Å². The molecule has 0 saturated carbocycles. The first-order chi connectivity index (χ1) is 6.70. The van der Waals surface area contributed by atoms with E-state index >= 15 is 0 Å². The van der Waals surface area contributed by atoms with Crippen molar-refractivity contribution in [1.29, 1.82) is 5.26 Å². The van der Waals surface area contributed by atoms with Gasteiger partial charge in [0.1, 0.15) is 11.6 Å². The maximum absolute atomic E-state index is 10.7. The van der Waals surface area contributed by atoms with E-state index in [-0.39, 0.29) is 17.9 Å². The lowest BCUT2D eigenvalue weighted by atomic mass is 10.1. The molecule has 5 heteroatoms. The Morgan fingerprint density at radius 1 is 1.64 bits per heavy atom. The lowest BCUT2D eigenvalue weighted by Gasteiger charge is -2.01. The molecule has 1 rings (SSSR count). The zero-order valence-electron chi connectivity index (χ0n) is 7.56. The molecule has 0 aliphatic carbocycles. The maximum Gasteiger partial charge on any atom is 0.292 e. The number of hydrogen-bond acceptors (Lipinski definition) is 4. The minimum atomic E-state index is -0.563. The molecule has 0 heterocycles. The summed E-state index contributed by atoms with van der Waals surface area (Å²) in [5.41, 5.74) is 0.304. The van der Waals surface area contributed by atoms with Crippen LogP contribution in [0.5, 0.6) is 0 Å². The predicted molar refractivity (Wildman–Crippen MR) is 48.5 cm³/mol. The molecule has 72 valence electrons. The summed E-state index contributed by atoms with van der Waals surface area (Å²) < 4.78 is 4.80. The molecule has 0 aromatic heterocycles. The van der Waals surface area contributed by atoms with Crippen LogP contribution in [0.3, 0.4) is 0 Å². The minimum Gasteiger partial charge on any atom is -0.380 e. The van der Waals surface area contributed by atoms with Gasteiger partial charge < -0.3 is 4.74 Å². The summed E-state index contributed by atoms with van der Waals surface area (Å²) in [4.78, 5) is 10.1. The molecule has 0 aliphatic rings. The van der Waals surface area contributed by atoms with E-state index in [0.717, 1.165) is 0 Å². The molecule has 1 aromatic rings. The van der Waals surface area contributed by atoms with Crippen molar-refractivity contribution in [3.05, 3.63) is 39.4 Å². The molecule has 0 aliphatic heterocycles. The summed E-state index contributed by atoms with van der Waals surface area (Å²) in [6.07, 6.45) is 0. The minimum absolute atomic E-state index is 0.0598. The van der Waals surface area contributed by atoms with E-state index in [1.807, 2.05) is 0 Å². The Balaban J connectivity index is 3.30. The number of rotatable bonds is 3. The van der Waals surface area contributed by atoms with Gasteiger partial charge in [-0.15, -0.1) is 0 Å². The third kappa shape index (κ3) is 1.87. The Labute approximate surface area is 80.7 Å². The van der Waals surface area contributed by atoms with Crippen molar-refractivity contribution in [1.82, 2.24) is 0 Å². The zero-order chi connectivity index (χ0) is 10.6. The van der Waals surface area contributed by atoms with Crippen LogP contribution in [0.1, 0.15) is 11.1 Å². The van der Waals surface area contributed by atoms with Gasteiger partial charge in [-0.3, -0.25) is 10.1 Å². The van der Waals surface area contributed by atoms with Crippen LogP contribution in [-0.2, 0) is 11.3 Å². The first-order valence-corrected chi connectivity index (χ1v) is 3.86. The molecule has 0 unspecified atom stereocenters. The van der Waals surface area contributed by atoms with Crippen LogP contribution in [0, 0.1) is 21.4 Å². The molecular weight excluding hydrogens is 184 g/mol. The second-order valence-electron chi connectivity index (χ2n) is 2.62. The number of methoxy groups -OCH3 is 1. The average molecular weight is 192 g/mol. The highest BCUT2D eigenvalue weighted by atomic mass is 16.6. The lowest BCUT2D eigenvalue weighted by molar-refractivity contribution is -0.386. The molecule has 0 N–H and O–H groups in total. The SMILES string of the molecule is COCc1cccc(C#N)c1[N+](=O)[O-]. The Morgan fingerprint density at radius 3 is 2.86 bits per heavy atom. The third-order valence-corrected chi connectivity index (χ3v) is 1.72. The van der Waals surface area contributed by atoms with Crippen LogP contribution in [0.2, 0.25) is 0 Å². The summed E-state index contributed by atoms with van der Waals surface area (Å²) in [5.74, 6) is 0. The van der Waals surface area contributed by atoms with Gasteiger partial charge in [-0.25, -0.2) is 0 Å². The molecule has 1 aromatic carbocycles. The van der Waals surface area contributed by atoms with Gasteiger partial charge in [0.05, 0.1) is 17.1 Å². The summed E-state index contributed by atoms with van der Waals surface area (Å²) in [6.45, 7) is 0.131. The fourth-order valence-electron chi connectivity index (χ4n) is 1.17. The van der Waals surface area contributed by atoms with Gasteiger partial charge in [0, 0.05) is 7.11 Å². The first kappa shape index (κ1) is 10.2.